The number of aryl methyl sites for hydroxylation is 1. The Morgan fingerprint density at radius 1 is 1.20 bits per heavy atom. The quantitative estimate of drug-likeness (QED) is 0.277. The van der Waals surface area contributed by atoms with E-state index in [-0.39, 0.29) is 5.60 Å². The normalized spacial score (nSPS) is 18.9. The second-order valence-corrected chi connectivity index (χ2v) is 10.7. The first-order valence-corrected chi connectivity index (χ1v) is 13.2. The van der Waals surface area contributed by atoms with E-state index in [1.165, 1.54) is 16.0 Å². The summed E-state index contributed by atoms with van der Waals surface area (Å²) < 4.78 is 8.32. The number of fused-ring (bicyclic) bond motifs is 5. The Bertz CT molecular complexity index is 1200. The maximum absolute atomic E-state index is 6.17. The SMILES string of the molecule is CC[C@]1(C)Cc2c(sc3nc(SC)n4c(SCCc5ccccc5)nnc4c23)CO1. The fourth-order valence-corrected chi connectivity index (χ4v) is 6.55. The van der Waals surface area contributed by atoms with Gasteiger partial charge in [-0.15, -0.1) is 21.5 Å². The predicted molar refractivity (Wildman–Crippen MR) is 126 cm³/mol. The molecule has 30 heavy (non-hydrogen) atoms. The first kappa shape index (κ1) is 20.3. The van der Waals surface area contributed by atoms with Crippen LogP contribution in [0.1, 0.15) is 36.3 Å². The lowest BCUT2D eigenvalue weighted by atomic mass is 9.90. The van der Waals surface area contributed by atoms with Crippen molar-refractivity contribution in [3.05, 3.63) is 46.3 Å². The predicted octanol–water partition coefficient (Wildman–Crippen LogP) is 5.64. The Morgan fingerprint density at radius 3 is 2.80 bits per heavy atom. The number of hydrogen-bond acceptors (Lipinski definition) is 7. The van der Waals surface area contributed by atoms with Crippen LogP contribution in [0.3, 0.4) is 0 Å². The van der Waals surface area contributed by atoms with Crippen molar-refractivity contribution in [2.24, 2.45) is 0 Å². The van der Waals surface area contributed by atoms with Crippen LogP contribution in [0.5, 0.6) is 0 Å². The molecule has 3 aromatic heterocycles. The van der Waals surface area contributed by atoms with Gasteiger partial charge in [-0.25, -0.2) is 9.38 Å². The van der Waals surface area contributed by atoms with Gasteiger partial charge < -0.3 is 4.74 Å². The average Bonchev–Trinajstić information content (AvgIpc) is 3.35. The van der Waals surface area contributed by atoms with E-state index in [0.717, 1.165) is 51.2 Å². The molecule has 0 unspecified atom stereocenters. The monoisotopic (exact) mass is 456 g/mol. The molecule has 5 rings (SSSR count). The van der Waals surface area contributed by atoms with Crippen LogP contribution in [0, 0.1) is 0 Å². The van der Waals surface area contributed by atoms with Crippen molar-refractivity contribution in [1.29, 1.82) is 0 Å². The Hall–Kier alpha value is -1.61. The molecule has 1 aliphatic heterocycles. The number of aromatic nitrogens is 4. The second kappa shape index (κ2) is 8.15. The zero-order valence-electron chi connectivity index (χ0n) is 17.3. The highest BCUT2D eigenvalue weighted by atomic mass is 32.2. The molecule has 0 saturated carbocycles. The molecule has 0 spiro atoms. The summed E-state index contributed by atoms with van der Waals surface area (Å²) in [6.07, 6.45) is 4.96. The summed E-state index contributed by atoms with van der Waals surface area (Å²) in [5, 5.41) is 12.2. The van der Waals surface area contributed by atoms with Gasteiger partial charge >= 0.3 is 0 Å². The topological polar surface area (TPSA) is 52.3 Å². The molecule has 1 aromatic carbocycles. The van der Waals surface area contributed by atoms with Crippen LogP contribution in [-0.2, 0) is 24.2 Å². The van der Waals surface area contributed by atoms with E-state index < -0.39 is 0 Å². The summed E-state index contributed by atoms with van der Waals surface area (Å²) in [6, 6.07) is 10.6. The Balaban J connectivity index is 1.54. The van der Waals surface area contributed by atoms with E-state index in [2.05, 4.69) is 65.0 Å². The van der Waals surface area contributed by atoms with E-state index in [0.29, 0.717) is 6.61 Å². The van der Waals surface area contributed by atoms with Gasteiger partial charge in [-0.1, -0.05) is 60.8 Å². The molecule has 0 radical (unpaired) electrons. The van der Waals surface area contributed by atoms with E-state index in [1.807, 2.05) is 0 Å². The molecule has 0 fully saturated rings. The van der Waals surface area contributed by atoms with E-state index in [1.54, 1.807) is 34.9 Å². The zero-order valence-corrected chi connectivity index (χ0v) is 19.8. The highest BCUT2D eigenvalue weighted by molar-refractivity contribution is 7.99. The number of nitrogens with zero attached hydrogens (tertiary/aromatic N) is 4. The smallest absolute Gasteiger partial charge is 0.197 e. The molecule has 1 aliphatic rings. The fourth-order valence-electron chi connectivity index (χ4n) is 3.88. The number of thioether (sulfide) groups is 2. The third-order valence-electron chi connectivity index (χ3n) is 5.82. The molecule has 0 aliphatic carbocycles. The van der Waals surface area contributed by atoms with E-state index in [4.69, 9.17) is 9.72 Å². The van der Waals surface area contributed by atoms with Gasteiger partial charge in [0.1, 0.15) is 4.83 Å². The van der Waals surface area contributed by atoms with Gasteiger partial charge in [0.05, 0.1) is 17.6 Å². The first-order chi connectivity index (χ1) is 14.6. The lowest BCUT2D eigenvalue weighted by Gasteiger charge is -2.32. The summed E-state index contributed by atoms with van der Waals surface area (Å²) in [4.78, 5) is 7.33. The molecule has 5 nitrogen and oxygen atoms in total. The number of ether oxygens (including phenoxy) is 1. The maximum atomic E-state index is 6.17. The minimum Gasteiger partial charge on any atom is -0.369 e. The number of thiophene rings is 1. The summed E-state index contributed by atoms with van der Waals surface area (Å²) in [7, 11) is 0. The number of rotatable bonds is 6. The van der Waals surface area contributed by atoms with Crippen LogP contribution in [0.25, 0.3) is 15.9 Å². The van der Waals surface area contributed by atoms with Gasteiger partial charge in [-0.05, 0) is 37.1 Å². The van der Waals surface area contributed by atoms with Crippen LogP contribution in [-0.4, -0.2) is 37.2 Å². The number of benzene rings is 1. The minimum absolute atomic E-state index is 0.122. The van der Waals surface area contributed by atoms with Crippen LogP contribution in [0.4, 0.5) is 0 Å². The molecule has 4 heterocycles. The van der Waals surface area contributed by atoms with Crippen molar-refractivity contribution in [3.8, 4) is 0 Å². The van der Waals surface area contributed by atoms with Crippen LogP contribution in [0.15, 0.2) is 40.6 Å². The molecule has 8 heteroatoms. The van der Waals surface area contributed by atoms with Crippen LogP contribution in [0.2, 0.25) is 0 Å². The van der Waals surface area contributed by atoms with Crippen molar-refractivity contribution in [2.75, 3.05) is 12.0 Å². The highest BCUT2D eigenvalue weighted by Gasteiger charge is 2.33. The fraction of sp³-hybridized carbons (Fsp3) is 0.409. The maximum Gasteiger partial charge on any atom is 0.197 e. The zero-order chi connectivity index (χ0) is 20.7. The van der Waals surface area contributed by atoms with Gasteiger partial charge in [0.15, 0.2) is 16.0 Å². The second-order valence-electron chi connectivity index (χ2n) is 7.78. The summed E-state index contributed by atoms with van der Waals surface area (Å²) in [5.41, 5.74) is 3.51. The molecular weight excluding hydrogens is 432 g/mol. The standard InChI is InChI=1S/C22H24N4OS3/c1-4-22(2)12-15-16(13-27-22)30-19-17(15)18-24-25-21(26(18)20(23-19)28-3)29-11-10-14-8-6-5-7-9-14/h5-9H,4,10-13H2,1-3H3/t22-/m1/s1. The largest absolute Gasteiger partial charge is 0.369 e. The van der Waals surface area contributed by atoms with E-state index >= 15 is 0 Å². The molecule has 0 saturated heterocycles. The van der Waals surface area contributed by atoms with Crippen molar-refractivity contribution in [2.45, 2.75) is 55.6 Å². The Kier molecular flexibility index (Phi) is 5.51. The summed E-state index contributed by atoms with van der Waals surface area (Å²) in [6.45, 7) is 5.06. The Morgan fingerprint density at radius 2 is 2.03 bits per heavy atom. The molecule has 0 bridgehead atoms. The molecule has 0 amide bonds. The Labute approximate surface area is 188 Å². The third kappa shape index (κ3) is 3.53. The van der Waals surface area contributed by atoms with Gasteiger partial charge in [0.2, 0.25) is 0 Å². The van der Waals surface area contributed by atoms with Crippen molar-refractivity contribution in [3.63, 3.8) is 0 Å². The molecule has 4 aromatic rings. The minimum atomic E-state index is -0.122. The van der Waals surface area contributed by atoms with Gasteiger partial charge in [0.25, 0.3) is 0 Å². The van der Waals surface area contributed by atoms with Crippen molar-refractivity contribution >= 4 is 50.7 Å². The van der Waals surface area contributed by atoms with Crippen molar-refractivity contribution in [1.82, 2.24) is 19.6 Å². The average molecular weight is 457 g/mol. The summed E-state index contributed by atoms with van der Waals surface area (Å²) in [5.74, 6) is 0.958. The van der Waals surface area contributed by atoms with E-state index in [9.17, 15) is 0 Å². The lowest BCUT2D eigenvalue weighted by Crippen LogP contribution is -2.33. The summed E-state index contributed by atoms with van der Waals surface area (Å²) >= 11 is 5.14. The molecule has 0 N–H and O–H groups in total. The van der Waals surface area contributed by atoms with Gasteiger partial charge in [-0.2, -0.15) is 0 Å². The van der Waals surface area contributed by atoms with Crippen LogP contribution < -0.4 is 0 Å². The number of hydrogen-bond donors (Lipinski definition) is 0. The lowest BCUT2D eigenvalue weighted by molar-refractivity contribution is -0.0542. The molecule has 156 valence electrons. The highest BCUT2D eigenvalue weighted by Crippen LogP contribution is 2.42. The molecule has 1 atom stereocenters. The molecular formula is C22H24N4OS3. The van der Waals surface area contributed by atoms with Gasteiger partial charge in [-0.3, -0.25) is 0 Å². The first-order valence-electron chi connectivity index (χ1n) is 10.2. The van der Waals surface area contributed by atoms with Crippen LogP contribution >= 0.6 is 34.9 Å². The third-order valence-corrected chi connectivity index (χ3v) is 8.48. The van der Waals surface area contributed by atoms with Crippen molar-refractivity contribution < 1.29 is 4.74 Å². The van der Waals surface area contributed by atoms with Gasteiger partial charge in [0, 0.05) is 17.1 Å².